The molecule has 0 aliphatic carbocycles. The monoisotopic (exact) mass is 279 g/mol. The normalized spacial score (nSPS) is 11.4. The quantitative estimate of drug-likeness (QED) is 0.773. The fourth-order valence-corrected chi connectivity index (χ4v) is 2.62. The van der Waals surface area contributed by atoms with E-state index >= 15 is 0 Å². The number of fused-ring (bicyclic) bond motifs is 1. The van der Waals surface area contributed by atoms with Gasteiger partial charge in [0.2, 0.25) is 0 Å². The Morgan fingerprint density at radius 3 is 2.81 bits per heavy atom. The molecule has 0 spiro atoms. The van der Waals surface area contributed by atoms with Crippen molar-refractivity contribution in [1.82, 2.24) is 14.9 Å². The molecule has 0 saturated heterocycles. The Labute approximate surface area is 125 Å². The zero-order chi connectivity index (χ0) is 14.7. The van der Waals surface area contributed by atoms with Crippen LogP contribution >= 0.6 is 0 Å². The van der Waals surface area contributed by atoms with Crippen molar-refractivity contribution in [1.29, 1.82) is 0 Å². The van der Waals surface area contributed by atoms with Gasteiger partial charge in [0.15, 0.2) is 0 Å². The second-order valence-corrected chi connectivity index (χ2v) is 5.70. The second kappa shape index (κ2) is 6.10. The van der Waals surface area contributed by atoms with E-state index in [0.29, 0.717) is 6.04 Å². The zero-order valence-electron chi connectivity index (χ0n) is 12.6. The van der Waals surface area contributed by atoms with Crippen LogP contribution in [0.5, 0.6) is 0 Å². The summed E-state index contributed by atoms with van der Waals surface area (Å²) in [5, 5.41) is 4.80. The Balaban J connectivity index is 1.95. The summed E-state index contributed by atoms with van der Waals surface area (Å²) in [4.78, 5) is 4.20. The lowest BCUT2D eigenvalue weighted by Crippen LogP contribution is -2.22. The molecule has 0 bridgehead atoms. The van der Waals surface area contributed by atoms with Gasteiger partial charge in [-0.3, -0.25) is 4.98 Å². The molecule has 0 atom stereocenters. The average molecular weight is 279 g/mol. The van der Waals surface area contributed by atoms with Gasteiger partial charge in [0.25, 0.3) is 0 Å². The lowest BCUT2D eigenvalue weighted by molar-refractivity contribution is 0.589. The molecule has 1 aromatic carbocycles. The number of pyridine rings is 1. The summed E-state index contributed by atoms with van der Waals surface area (Å²) in [5.74, 6) is 0. The van der Waals surface area contributed by atoms with Crippen LogP contribution in [0.4, 0.5) is 0 Å². The van der Waals surface area contributed by atoms with Gasteiger partial charge in [0.05, 0.1) is 5.52 Å². The van der Waals surface area contributed by atoms with Crippen LogP contribution < -0.4 is 5.32 Å². The molecule has 0 aliphatic rings. The molecule has 108 valence electrons. The van der Waals surface area contributed by atoms with E-state index in [9.17, 15) is 0 Å². The number of hydrogen-bond donors (Lipinski definition) is 1. The van der Waals surface area contributed by atoms with Crippen molar-refractivity contribution < 1.29 is 0 Å². The maximum Gasteiger partial charge on any atom is 0.0529 e. The van der Waals surface area contributed by atoms with E-state index in [4.69, 9.17) is 0 Å². The molecular formula is C18H21N3. The van der Waals surface area contributed by atoms with Gasteiger partial charge in [0, 0.05) is 37.7 Å². The van der Waals surface area contributed by atoms with E-state index in [1.54, 1.807) is 0 Å². The lowest BCUT2D eigenvalue weighted by Gasteiger charge is -2.12. The summed E-state index contributed by atoms with van der Waals surface area (Å²) in [6, 6.07) is 13.3. The topological polar surface area (TPSA) is 29.9 Å². The summed E-state index contributed by atoms with van der Waals surface area (Å²) in [6.07, 6.45) is 5.91. The highest BCUT2D eigenvalue weighted by Crippen LogP contribution is 2.21. The molecule has 0 fully saturated rings. The van der Waals surface area contributed by atoms with E-state index in [0.717, 1.165) is 13.1 Å². The van der Waals surface area contributed by atoms with Gasteiger partial charge in [-0.1, -0.05) is 38.1 Å². The number of rotatable bonds is 5. The van der Waals surface area contributed by atoms with Gasteiger partial charge in [-0.25, -0.2) is 0 Å². The van der Waals surface area contributed by atoms with Crippen LogP contribution in [0.2, 0.25) is 0 Å². The minimum atomic E-state index is 0.488. The van der Waals surface area contributed by atoms with Crippen molar-refractivity contribution >= 4 is 10.9 Å². The standard InChI is InChI=1S/C18H21N3/c1-14(2)20-12-17-7-3-6-16-8-10-21(18(16)17)13-15-5-4-9-19-11-15/h3-11,14,20H,12-13H2,1-2H3. The van der Waals surface area contributed by atoms with Crippen molar-refractivity contribution in [2.24, 2.45) is 0 Å². The van der Waals surface area contributed by atoms with E-state index < -0.39 is 0 Å². The second-order valence-electron chi connectivity index (χ2n) is 5.70. The number of nitrogens with zero attached hydrogens (tertiary/aromatic N) is 2. The molecule has 0 unspecified atom stereocenters. The number of hydrogen-bond acceptors (Lipinski definition) is 2. The van der Waals surface area contributed by atoms with E-state index in [-0.39, 0.29) is 0 Å². The third kappa shape index (κ3) is 3.14. The SMILES string of the molecule is CC(C)NCc1cccc2ccn(Cc3cccnc3)c12. The predicted molar refractivity (Wildman–Crippen MR) is 87.3 cm³/mol. The highest BCUT2D eigenvalue weighted by molar-refractivity contribution is 5.83. The summed E-state index contributed by atoms with van der Waals surface area (Å²) in [6.45, 7) is 6.10. The largest absolute Gasteiger partial charge is 0.343 e. The molecule has 0 radical (unpaired) electrons. The maximum atomic E-state index is 4.20. The number of para-hydroxylation sites is 1. The molecule has 3 nitrogen and oxygen atoms in total. The molecule has 0 amide bonds. The summed E-state index contributed by atoms with van der Waals surface area (Å²) < 4.78 is 2.31. The molecule has 3 heteroatoms. The fraction of sp³-hybridized carbons (Fsp3) is 0.278. The molecule has 2 heterocycles. The lowest BCUT2D eigenvalue weighted by atomic mass is 10.1. The van der Waals surface area contributed by atoms with Gasteiger partial charge in [0.1, 0.15) is 0 Å². The molecule has 3 rings (SSSR count). The summed E-state index contributed by atoms with van der Waals surface area (Å²) in [7, 11) is 0. The minimum absolute atomic E-state index is 0.488. The maximum absolute atomic E-state index is 4.20. The van der Waals surface area contributed by atoms with Crippen LogP contribution in [0.15, 0.2) is 55.0 Å². The smallest absolute Gasteiger partial charge is 0.0529 e. The Kier molecular flexibility index (Phi) is 4.02. The van der Waals surface area contributed by atoms with Crippen LogP contribution in [0.3, 0.4) is 0 Å². The average Bonchev–Trinajstić information content (AvgIpc) is 2.90. The van der Waals surface area contributed by atoms with Crippen LogP contribution in [0.25, 0.3) is 10.9 Å². The van der Waals surface area contributed by atoms with Gasteiger partial charge < -0.3 is 9.88 Å². The Hall–Kier alpha value is -2.13. The first kappa shape index (κ1) is 13.8. The molecule has 1 N–H and O–H groups in total. The van der Waals surface area contributed by atoms with Crippen molar-refractivity contribution in [3.05, 3.63) is 66.1 Å². The third-order valence-electron chi connectivity index (χ3n) is 3.65. The predicted octanol–water partition coefficient (Wildman–Crippen LogP) is 3.58. The number of nitrogens with one attached hydrogen (secondary N) is 1. The number of benzene rings is 1. The van der Waals surface area contributed by atoms with Gasteiger partial charge in [-0.15, -0.1) is 0 Å². The van der Waals surface area contributed by atoms with Crippen LogP contribution in [-0.4, -0.2) is 15.6 Å². The van der Waals surface area contributed by atoms with Gasteiger partial charge in [-0.2, -0.15) is 0 Å². The molecule has 2 aromatic heterocycles. The van der Waals surface area contributed by atoms with Crippen LogP contribution in [-0.2, 0) is 13.1 Å². The minimum Gasteiger partial charge on any atom is -0.343 e. The third-order valence-corrected chi connectivity index (χ3v) is 3.65. The molecule has 3 aromatic rings. The molecule has 0 aliphatic heterocycles. The Morgan fingerprint density at radius 2 is 2.05 bits per heavy atom. The van der Waals surface area contributed by atoms with E-state index in [2.05, 4.69) is 65.2 Å². The first-order chi connectivity index (χ1) is 10.2. The van der Waals surface area contributed by atoms with Crippen molar-refractivity contribution in [3.63, 3.8) is 0 Å². The summed E-state index contributed by atoms with van der Waals surface area (Å²) >= 11 is 0. The van der Waals surface area contributed by atoms with Crippen LogP contribution in [0, 0.1) is 0 Å². The Bertz CT molecular complexity index is 714. The van der Waals surface area contributed by atoms with Crippen molar-refractivity contribution in [2.75, 3.05) is 0 Å². The van der Waals surface area contributed by atoms with E-state index in [1.807, 2.05) is 18.5 Å². The number of aromatic nitrogens is 2. The highest BCUT2D eigenvalue weighted by atomic mass is 15.0. The summed E-state index contributed by atoms with van der Waals surface area (Å²) in [5.41, 5.74) is 3.88. The molecule has 21 heavy (non-hydrogen) atoms. The first-order valence-electron chi connectivity index (χ1n) is 7.43. The molecule has 0 saturated carbocycles. The fourth-order valence-electron chi connectivity index (χ4n) is 2.62. The van der Waals surface area contributed by atoms with Gasteiger partial charge in [-0.05, 0) is 28.6 Å². The van der Waals surface area contributed by atoms with Gasteiger partial charge >= 0.3 is 0 Å². The van der Waals surface area contributed by atoms with Crippen LogP contribution in [0.1, 0.15) is 25.0 Å². The zero-order valence-corrected chi connectivity index (χ0v) is 12.6. The highest BCUT2D eigenvalue weighted by Gasteiger charge is 2.07. The van der Waals surface area contributed by atoms with Crippen molar-refractivity contribution in [2.45, 2.75) is 33.0 Å². The molecular weight excluding hydrogens is 258 g/mol. The van der Waals surface area contributed by atoms with E-state index in [1.165, 1.54) is 22.0 Å². The van der Waals surface area contributed by atoms with Crippen molar-refractivity contribution in [3.8, 4) is 0 Å². The Morgan fingerprint density at radius 1 is 1.14 bits per heavy atom. The first-order valence-corrected chi connectivity index (χ1v) is 7.43.